The number of aliphatic carboxylic acids is 2. The van der Waals surface area contributed by atoms with E-state index in [1.165, 1.54) is 24.1 Å². The van der Waals surface area contributed by atoms with E-state index in [2.05, 4.69) is 11.1 Å². The number of carboxylic acid groups (broad SMARTS) is 2. The number of nitrogens with zero attached hydrogens (tertiary/aromatic N) is 1. The number of aromatic nitrogens is 1. The lowest BCUT2D eigenvalue weighted by Gasteiger charge is -1.99. The number of nitrogens with two attached hydrogens (primary N) is 1. The number of pyridine rings is 1. The summed E-state index contributed by atoms with van der Waals surface area (Å²) in [6.07, 6.45) is 5.50. The largest absolute Gasteiger partial charge is 0.473 e. The lowest BCUT2D eigenvalue weighted by Crippen LogP contribution is -2.09. The molecule has 1 aromatic rings. The third-order valence-corrected chi connectivity index (χ3v) is 2.39. The fourth-order valence-electron chi connectivity index (χ4n) is 1.59. The average molecular weight is 238 g/mol. The molecule has 0 spiro atoms. The first-order chi connectivity index (χ1) is 8.04. The number of fused-ring (bicyclic) bond motifs is 1. The molecule has 0 saturated heterocycles. The van der Waals surface area contributed by atoms with Crippen LogP contribution in [0.25, 0.3) is 0 Å². The van der Waals surface area contributed by atoms with E-state index >= 15 is 0 Å². The van der Waals surface area contributed by atoms with Crippen molar-refractivity contribution < 1.29 is 19.8 Å². The van der Waals surface area contributed by atoms with Gasteiger partial charge in [-0.15, -0.1) is 0 Å². The summed E-state index contributed by atoms with van der Waals surface area (Å²) in [6, 6.07) is 2.19. The number of rotatable bonds is 1. The van der Waals surface area contributed by atoms with E-state index < -0.39 is 11.9 Å². The lowest BCUT2D eigenvalue weighted by atomic mass is 10.1. The summed E-state index contributed by atoms with van der Waals surface area (Å²) in [5, 5.41) is 14.8. The van der Waals surface area contributed by atoms with Crippen molar-refractivity contribution >= 4 is 11.9 Å². The fraction of sp³-hybridized carbons (Fsp3) is 0.364. The Morgan fingerprint density at radius 3 is 2.47 bits per heavy atom. The van der Waals surface area contributed by atoms with Crippen LogP contribution in [0.2, 0.25) is 0 Å². The first kappa shape index (κ1) is 13.1. The Morgan fingerprint density at radius 1 is 1.29 bits per heavy atom. The average Bonchev–Trinajstić information content (AvgIpc) is 2.76. The highest BCUT2D eigenvalue weighted by Gasteiger charge is 2.11. The molecular weight excluding hydrogens is 224 g/mol. The predicted molar refractivity (Wildman–Crippen MR) is 59.4 cm³/mol. The highest BCUT2D eigenvalue weighted by molar-refractivity contribution is 6.27. The van der Waals surface area contributed by atoms with Gasteiger partial charge >= 0.3 is 11.9 Å². The van der Waals surface area contributed by atoms with E-state index in [1.54, 1.807) is 0 Å². The van der Waals surface area contributed by atoms with E-state index in [1.807, 2.05) is 6.20 Å². The molecule has 6 heteroatoms. The lowest BCUT2D eigenvalue weighted by molar-refractivity contribution is -0.159. The molecule has 92 valence electrons. The number of hydrogen-bond acceptors (Lipinski definition) is 4. The van der Waals surface area contributed by atoms with Crippen LogP contribution in [-0.4, -0.2) is 27.1 Å². The molecule has 2 rings (SSSR count). The highest BCUT2D eigenvalue weighted by atomic mass is 16.4. The van der Waals surface area contributed by atoms with Gasteiger partial charge in [0, 0.05) is 18.4 Å². The minimum Gasteiger partial charge on any atom is -0.473 e. The van der Waals surface area contributed by atoms with Gasteiger partial charge in [0.25, 0.3) is 0 Å². The predicted octanol–water partition coefficient (Wildman–Crippen LogP) is 0.185. The first-order valence-electron chi connectivity index (χ1n) is 5.17. The van der Waals surface area contributed by atoms with Gasteiger partial charge in [-0.2, -0.15) is 0 Å². The van der Waals surface area contributed by atoms with Gasteiger partial charge in [0.1, 0.15) is 0 Å². The van der Waals surface area contributed by atoms with Crippen LogP contribution < -0.4 is 5.73 Å². The Bertz CT molecular complexity index is 419. The third-order valence-electron chi connectivity index (χ3n) is 2.39. The van der Waals surface area contributed by atoms with E-state index in [-0.39, 0.29) is 0 Å². The number of hydrogen-bond donors (Lipinski definition) is 3. The van der Waals surface area contributed by atoms with Crippen LogP contribution in [0.3, 0.4) is 0 Å². The molecule has 6 nitrogen and oxygen atoms in total. The van der Waals surface area contributed by atoms with Crippen molar-refractivity contribution in [3.8, 4) is 0 Å². The van der Waals surface area contributed by atoms with Gasteiger partial charge in [-0.1, -0.05) is 6.07 Å². The van der Waals surface area contributed by atoms with Crippen LogP contribution in [0.15, 0.2) is 12.3 Å². The van der Waals surface area contributed by atoms with Crippen molar-refractivity contribution in [2.45, 2.75) is 25.8 Å². The minimum absolute atomic E-state index is 0.611. The Hall–Kier alpha value is -1.95. The Morgan fingerprint density at radius 2 is 1.94 bits per heavy atom. The molecule has 0 unspecified atom stereocenters. The van der Waals surface area contributed by atoms with E-state index in [9.17, 15) is 0 Å². The van der Waals surface area contributed by atoms with Crippen molar-refractivity contribution in [3.63, 3.8) is 0 Å². The normalized spacial score (nSPS) is 12.3. The van der Waals surface area contributed by atoms with Crippen LogP contribution in [-0.2, 0) is 29.0 Å². The number of aryl methyl sites for hydroxylation is 2. The summed E-state index contributed by atoms with van der Waals surface area (Å²) in [7, 11) is 0. The molecule has 1 heterocycles. The molecule has 1 aliphatic rings. The highest BCUT2D eigenvalue weighted by Crippen LogP contribution is 2.19. The van der Waals surface area contributed by atoms with Crippen LogP contribution in [0.4, 0.5) is 0 Å². The molecule has 17 heavy (non-hydrogen) atoms. The second-order valence-electron chi connectivity index (χ2n) is 3.62. The van der Waals surface area contributed by atoms with Crippen molar-refractivity contribution in [1.29, 1.82) is 0 Å². The Kier molecular flexibility index (Phi) is 4.59. The van der Waals surface area contributed by atoms with Crippen molar-refractivity contribution in [2.24, 2.45) is 5.73 Å². The zero-order valence-electron chi connectivity index (χ0n) is 9.22. The summed E-state index contributed by atoms with van der Waals surface area (Å²) in [4.78, 5) is 22.5. The molecule has 1 aliphatic carbocycles. The van der Waals surface area contributed by atoms with E-state index in [4.69, 9.17) is 25.5 Å². The van der Waals surface area contributed by atoms with Gasteiger partial charge in [0.15, 0.2) is 0 Å². The van der Waals surface area contributed by atoms with Crippen molar-refractivity contribution in [3.05, 3.63) is 29.1 Å². The summed E-state index contributed by atoms with van der Waals surface area (Å²) in [5.41, 5.74) is 9.35. The quantitative estimate of drug-likeness (QED) is 0.601. The zero-order valence-corrected chi connectivity index (χ0v) is 9.22. The summed E-state index contributed by atoms with van der Waals surface area (Å²) in [6.45, 7) is 0.611. The molecule has 0 bridgehead atoms. The second-order valence-corrected chi connectivity index (χ2v) is 3.62. The fourth-order valence-corrected chi connectivity index (χ4v) is 1.59. The molecule has 0 fully saturated rings. The zero-order chi connectivity index (χ0) is 12.8. The van der Waals surface area contributed by atoms with Gasteiger partial charge in [0.05, 0.1) is 0 Å². The van der Waals surface area contributed by atoms with Crippen LogP contribution in [0.1, 0.15) is 23.2 Å². The maximum absolute atomic E-state index is 9.10. The van der Waals surface area contributed by atoms with Crippen LogP contribution >= 0.6 is 0 Å². The summed E-state index contributed by atoms with van der Waals surface area (Å²) in [5.74, 6) is -3.65. The molecule has 0 atom stereocenters. The smallest absolute Gasteiger partial charge is 0.414 e. The van der Waals surface area contributed by atoms with Gasteiger partial charge in [0.2, 0.25) is 0 Å². The maximum Gasteiger partial charge on any atom is 0.414 e. The van der Waals surface area contributed by atoms with Crippen molar-refractivity contribution in [2.75, 3.05) is 0 Å². The SMILES string of the molecule is NCc1cnc2c(c1)CCC2.O=C(O)C(=O)O. The van der Waals surface area contributed by atoms with E-state index in [0.717, 1.165) is 12.0 Å². The van der Waals surface area contributed by atoms with Crippen LogP contribution in [0.5, 0.6) is 0 Å². The van der Waals surface area contributed by atoms with Gasteiger partial charge < -0.3 is 15.9 Å². The molecule has 4 N–H and O–H groups in total. The van der Waals surface area contributed by atoms with Crippen molar-refractivity contribution in [1.82, 2.24) is 4.98 Å². The van der Waals surface area contributed by atoms with Crippen LogP contribution in [0, 0.1) is 0 Å². The third kappa shape index (κ3) is 3.84. The topological polar surface area (TPSA) is 114 Å². The summed E-state index contributed by atoms with van der Waals surface area (Å²) < 4.78 is 0. The Labute approximate surface area is 98.1 Å². The molecule has 0 aromatic carbocycles. The van der Waals surface area contributed by atoms with Gasteiger partial charge in [-0.3, -0.25) is 4.98 Å². The molecule has 0 radical (unpaired) electrons. The molecule has 1 aromatic heterocycles. The second kappa shape index (κ2) is 5.95. The molecule has 0 amide bonds. The summed E-state index contributed by atoms with van der Waals surface area (Å²) >= 11 is 0. The molecule has 0 saturated carbocycles. The Balaban J connectivity index is 0.000000209. The van der Waals surface area contributed by atoms with Gasteiger partial charge in [-0.05, 0) is 30.4 Å². The standard InChI is InChI=1S/C9H12N2.C2H2O4/c10-5-7-4-8-2-1-3-9(8)11-6-7;3-1(4)2(5)6/h4,6H,1-3,5,10H2;(H,3,4)(H,5,6). The molecular formula is C11H14N2O4. The first-order valence-corrected chi connectivity index (χ1v) is 5.17. The number of carboxylic acids is 2. The maximum atomic E-state index is 9.10. The van der Waals surface area contributed by atoms with Gasteiger partial charge in [-0.25, -0.2) is 9.59 Å². The number of carbonyl (C=O) groups is 2. The van der Waals surface area contributed by atoms with E-state index in [0.29, 0.717) is 6.54 Å². The monoisotopic (exact) mass is 238 g/mol. The molecule has 0 aliphatic heterocycles. The minimum atomic E-state index is -1.82.